The van der Waals surface area contributed by atoms with E-state index >= 15 is 0 Å². The number of nitrogens with zero attached hydrogens (tertiary/aromatic N) is 6. The van der Waals surface area contributed by atoms with Gasteiger partial charge in [-0.15, -0.1) is 0 Å². The van der Waals surface area contributed by atoms with Crippen molar-refractivity contribution in [2.24, 2.45) is 0 Å². The molecule has 17 heavy (non-hydrogen) atoms. The lowest BCUT2D eigenvalue weighted by Gasteiger charge is -2.22. The van der Waals surface area contributed by atoms with Gasteiger partial charge in [0, 0.05) is 26.5 Å². The van der Waals surface area contributed by atoms with Crippen molar-refractivity contribution >= 4 is 11.6 Å². The minimum atomic E-state index is 0.741. The average Bonchev–Trinajstić information content (AvgIpc) is 2.96. The second-order valence-corrected chi connectivity index (χ2v) is 3.82. The fourth-order valence-corrected chi connectivity index (χ4v) is 1.57. The zero-order valence-electron chi connectivity index (χ0n) is 9.57. The van der Waals surface area contributed by atoms with E-state index in [2.05, 4.69) is 23.5 Å². The lowest BCUT2D eigenvalue weighted by Crippen LogP contribution is -2.16. The Morgan fingerprint density at radius 2 is 1.65 bits per heavy atom. The monoisotopic (exact) mass is 227 g/mol. The standard InChI is InChI=1S/C11H11N6/c1-14-3-5-16(8-14)10-7-11(13-12-10)17-6-4-15(2)9-17/h3-7H,1-2H3/q-1. The Kier molecular flexibility index (Phi) is 2.21. The van der Waals surface area contributed by atoms with Crippen LogP contribution in [-0.4, -0.2) is 29.0 Å². The Labute approximate surface area is 100 Å². The van der Waals surface area contributed by atoms with Crippen LogP contribution in [0, 0.1) is 13.3 Å². The van der Waals surface area contributed by atoms with Crippen LogP contribution in [0.15, 0.2) is 30.9 Å². The van der Waals surface area contributed by atoms with E-state index in [1.54, 1.807) is 9.80 Å². The molecule has 6 nitrogen and oxygen atoms in total. The van der Waals surface area contributed by atoms with E-state index < -0.39 is 0 Å². The summed E-state index contributed by atoms with van der Waals surface area (Å²) in [6.45, 7) is 6.14. The second-order valence-electron chi connectivity index (χ2n) is 3.82. The van der Waals surface area contributed by atoms with Crippen molar-refractivity contribution in [3.05, 3.63) is 44.2 Å². The molecule has 0 saturated heterocycles. The number of hydrogen-bond donors (Lipinski definition) is 0. The third-order valence-electron chi connectivity index (χ3n) is 2.42. The molecule has 0 aromatic carbocycles. The van der Waals surface area contributed by atoms with Crippen LogP contribution in [0.25, 0.3) is 0 Å². The maximum atomic E-state index is 4.10. The predicted molar refractivity (Wildman–Crippen MR) is 62.8 cm³/mol. The smallest absolute Gasteiger partial charge is 0.213 e. The summed E-state index contributed by atoms with van der Waals surface area (Å²) >= 11 is 0. The molecule has 4 radical (unpaired) electrons. The van der Waals surface area contributed by atoms with Crippen molar-refractivity contribution < 1.29 is 0 Å². The molecule has 3 heterocycles. The van der Waals surface area contributed by atoms with E-state index in [-0.39, 0.29) is 0 Å². The molecule has 0 N–H and O–H groups in total. The van der Waals surface area contributed by atoms with Gasteiger partial charge in [0.1, 0.15) is 12.5 Å². The zero-order chi connectivity index (χ0) is 11.8. The first kappa shape index (κ1) is 10.1. The molecule has 0 amide bonds. The summed E-state index contributed by atoms with van der Waals surface area (Å²) < 4.78 is 0. The molecule has 0 unspecified atom stereocenters. The SMILES string of the molecule is CN1[C]N(c2cc(N3[C]N(C)C=C3)[n-]n2)C=C1. The van der Waals surface area contributed by atoms with Crippen LogP contribution in [0.4, 0.5) is 11.6 Å². The molecule has 6 heteroatoms. The molecule has 0 bridgehead atoms. The molecule has 0 spiro atoms. The Morgan fingerprint density at radius 3 is 2.24 bits per heavy atom. The Balaban J connectivity index is 1.75. The maximum absolute atomic E-state index is 4.10. The second kappa shape index (κ2) is 3.73. The normalized spacial score (nSPS) is 18.9. The van der Waals surface area contributed by atoms with Gasteiger partial charge in [0.05, 0.1) is 0 Å². The molecule has 2 aliphatic rings. The van der Waals surface area contributed by atoms with Gasteiger partial charge in [-0.1, -0.05) is 6.20 Å². The van der Waals surface area contributed by atoms with Gasteiger partial charge in [-0.05, 0) is 18.1 Å². The van der Waals surface area contributed by atoms with E-state index in [0.29, 0.717) is 0 Å². The molecular formula is C11H11N6-. The van der Waals surface area contributed by atoms with E-state index in [9.17, 15) is 0 Å². The van der Waals surface area contributed by atoms with Crippen molar-refractivity contribution in [3.63, 3.8) is 0 Å². The van der Waals surface area contributed by atoms with E-state index in [1.165, 1.54) is 0 Å². The zero-order valence-corrected chi connectivity index (χ0v) is 9.57. The quantitative estimate of drug-likeness (QED) is 0.731. The molecule has 1 aromatic rings. The summed E-state index contributed by atoms with van der Waals surface area (Å²) in [5.41, 5.74) is 0. The van der Waals surface area contributed by atoms with E-state index in [0.717, 1.165) is 11.6 Å². The van der Waals surface area contributed by atoms with Crippen molar-refractivity contribution in [1.29, 1.82) is 0 Å². The lowest BCUT2D eigenvalue weighted by molar-refractivity contribution is 0.573. The first-order valence-electron chi connectivity index (χ1n) is 5.16. The summed E-state index contributed by atoms with van der Waals surface area (Å²) in [6, 6.07) is 1.88. The lowest BCUT2D eigenvalue weighted by atomic mass is 10.5. The van der Waals surface area contributed by atoms with Gasteiger partial charge in [0.15, 0.2) is 0 Å². The van der Waals surface area contributed by atoms with Crippen LogP contribution in [0.3, 0.4) is 0 Å². The molecule has 86 valence electrons. The highest BCUT2D eigenvalue weighted by atomic mass is 15.4. The molecule has 2 aliphatic heterocycles. The molecular weight excluding hydrogens is 216 g/mol. The van der Waals surface area contributed by atoms with Gasteiger partial charge in [0.2, 0.25) is 6.67 Å². The molecule has 0 aliphatic carbocycles. The Hall–Kier alpha value is -2.11. The highest BCUT2D eigenvalue weighted by Crippen LogP contribution is 2.25. The third kappa shape index (κ3) is 1.82. The molecule has 0 fully saturated rings. The molecule has 3 rings (SSSR count). The maximum Gasteiger partial charge on any atom is 0.213 e. The van der Waals surface area contributed by atoms with Crippen LogP contribution < -0.4 is 14.9 Å². The van der Waals surface area contributed by atoms with Crippen molar-refractivity contribution in [3.8, 4) is 0 Å². The van der Waals surface area contributed by atoms with Crippen LogP contribution in [0.2, 0.25) is 0 Å². The molecule has 0 atom stereocenters. The highest BCUT2D eigenvalue weighted by Gasteiger charge is 2.15. The fraction of sp³-hybridized carbons (Fsp3) is 0.182. The summed E-state index contributed by atoms with van der Waals surface area (Å²) in [4.78, 5) is 7.24. The van der Waals surface area contributed by atoms with Gasteiger partial charge in [-0.25, -0.2) is 5.10 Å². The van der Waals surface area contributed by atoms with E-state index in [1.807, 2.05) is 54.8 Å². The number of hydrogen-bond acceptors (Lipinski definition) is 5. The Bertz CT molecular complexity index is 422. The van der Waals surface area contributed by atoms with Gasteiger partial charge in [-0.3, -0.25) is 4.90 Å². The van der Waals surface area contributed by atoms with Crippen LogP contribution in [0.1, 0.15) is 0 Å². The summed E-state index contributed by atoms with van der Waals surface area (Å²) in [5.74, 6) is 1.48. The predicted octanol–water partition coefficient (Wildman–Crippen LogP) is 0.477. The Morgan fingerprint density at radius 1 is 1.00 bits per heavy atom. The summed E-state index contributed by atoms with van der Waals surface area (Å²) in [6.07, 6.45) is 7.56. The van der Waals surface area contributed by atoms with Gasteiger partial charge < -0.3 is 19.8 Å². The topological polar surface area (TPSA) is 40.0 Å². The number of rotatable bonds is 2. The fourth-order valence-electron chi connectivity index (χ4n) is 1.57. The van der Waals surface area contributed by atoms with Crippen LogP contribution in [0.5, 0.6) is 0 Å². The first-order chi connectivity index (χ1) is 8.22. The minimum Gasteiger partial charge on any atom is -0.420 e. The minimum absolute atomic E-state index is 0.741. The molecule has 0 saturated carbocycles. The highest BCUT2D eigenvalue weighted by molar-refractivity contribution is 5.57. The number of anilines is 2. The molecule has 1 aromatic heterocycles. The van der Waals surface area contributed by atoms with Crippen molar-refractivity contribution in [2.45, 2.75) is 0 Å². The average molecular weight is 227 g/mol. The first-order valence-corrected chi connectivity index (χ1v) is 5.16. The largest absolute Gasteiger partial charge is 0.420 e. The summed E-state index contributed by atoms with van der Waals surface area (Å²) in [5, 5.41) is 8.21. The van der Waals surface area contributed by atoms with Crippen molar-refractivity contribution in [2.75, 3.05) is 23.9 Å². The third-order valence-corrected chi connectivity index (χ3v) is 2.42. The number of aromatic nitrogens is 2. The van der Waals surface area contributed by atoms with Crippen molar-refractivity contribution in [1.82, 2.24) is 20.0 Å². The van der Waals surface area contributed by atoms with Gasteiger partial charge >= 0.3 is 0 Å². The summed E-state index contributed by atoms with van der Waals surface area (Å²) in [7, 11) is 3.82. The van der Waals surface area contributed by atoms with Gasteiger partial charge in [0.25, 0.3) is 0 Å². The van der Waals surface area contributed by atoms with E-state index in [4.69, 9.17) is 0 Å². The van der Waals surface area contributed by atoms with Crippen LogP contribution >= 0.6 is 0 Å². The van der Waals surface area contributed by atoms with Crippen LogP contribution in [-0.2, 0) is 0 Å². The van der Waals surface area contributed by atoms with Gasteiger partial charge in [-0.2, -0.15) is 0 Å².